The molecule has 0 radical (unpaired) electrons. The number of benzene rings is 2. The fourth-order valence-corrected chi connectivity index (χ4v) is 14.7. The fraction of sp³-hybridized carbons (Fsp3) is 0.548. The molecule has 0 fully saturated rings. The van der Waals surface area contributed by atoms with E-state index in [1.54, 1.807) is 0 Å². The third-order valence-corrected chi connectivity index (χ3v) is 18.8. The summed E-state index contributed by atoms with van der Waals surface area (Å²) >= 11 is 0. The van der Waals surface area contributed by atoms with Crippen LogP contribution in [0.25, 0.3) is 0 Å². The summed E-state index contributed by atoms with van der Waals surface area (Å²) in [5.41, 5.74) is 1.33. The van der Waals surface area contributed by atoms with Gasteiger partial charge in [-0.25, -0.2) is 0 Å². The van der Waals surface area contributed by atoms with Crippen molar-refractivity contribution in [2.24, 2.45) is 0 Å². The molecule has 2 aromatic rings. The first kappa shape index (κ1) is 31.0. The quantitative estimate of drug-likeness (QED) is 0.177. The van der Waals surface area contributed by atoms with Gasteiger partial charge in [0.2, 0.25) is 0 Å². The van der Waals surface area contributed by atoms with Crippen LogP contribution in [0.4, 0.5) is 0 Å². The van der Waals surface area contributed by atoms with E-state index < -0.39 is 24.7 Å². The van der Waals surface area contributed by atoms with Crippen LogP contribution < -0.4 is 10.4 Å². The molecule has 0 N–H and O–H groups in total. The Hall–Kier alpha value is -1.25. The molecule has 0 aliphatic carbocycles. The largest absolute Gasteiger partial charge is 0.411 e. The van der Waals surface area contributed by atoms with E-state index in [1.165, 1.54) is 15.9 Å². The summed E-state index contributed by atoms with van der Waals surface area (Å²) < 4.78 is 14.5. The molecule has 5 heteroatoms. The molecule has 0 unspecified atom stereocenters. The van der Waals surface area contributed by atoms with Crippen molar-refractivity contribution >= 4 is 35.1 Å². The van der Waals surface area contributed by atoms with Crippen molar-refractivity contribution in [1.82, 2.24) is 0 Å². The molecule has 0 aliphatic rings. The maximum atomic E-state index is 7.35. The Balaban J connectivity index is 2.52. The lowest BCUT2D eigenvalue weighted by molar-refractivity contribution is 0.113. The van der Waals surface area contributed by atoms with Gasteiger partial charge in [0.05, 0.1) is 12.7 Å². The predicted octanol–water partition coefficient (Wildman–Crippen LogP) is 8.24. The Morgan fingerprint density at radius 1 is 0.806 bits per heavy atom. The zero-order valence-electron chi connectivity index (χ0n) is 24.6. The van der Waals surface area contributed by atoms with Crippen LogP contribution in [0.15, 0.2) is 72.8 Å². The van der Waals surface area contributed by atoms with Crippen molar-refractivity contribution in [1.29, 1.82) is 0 Å². The van der Waals surface area contributed by atoms with Crippen molar-refractivity contribution in [3.63, 3.8) is 0 Å². The summed E-state index contributed by atoms with van der Waals surface area (Å²) in [6, 6.07) is 26.5. The van der Waals surface area contributed by atoms with Crippen molar-refractivity contribution in [2.45, 2.75) is 103 Å². The Labute approximate surface area is 225 Å². The monoisotopic (exact) mass is 540 g/mol. The topological polar surface area (TPSA) is 18.5 Å². The van der Waals surface area contributed by atoms with E-state index in [-0.39, 0.29) is 11.1 Å². The van der Waals surface area contributed by atoms with E-state index in [0.717, 1.165) is 30.6 Å². The summed E-state index contributed by atoms with van der Waals surface area (Å²) in [4.78, 5) is 0. The predicted molar refractivity (Wildman–Crippen MR) is 168 cm³/mol. The van der Waals surface area contributed by atoms with Crippen LogP contribution in [0, 0.1) is 0 Å². The summed E-state index contributed by atoms with van der Waals surface area (Å²) in [7, 11) is -5.64. The average Bonchev–Trinajstić information content (AvgIpc) is 2.82. The number of hydrogen-bond donors (Lipinski definition) is 0. The van der Waals surface area contributed by atoms with E-state index in [2.05, 4.69) is 128 Å². The van der Waals surface area contributed by atoms with Crippen molar-refractivity contribution < 1.29 is 8.85 Å². The molecule has 2 nitrogen and oxygen atoms in total. The van der Waals surface area contributed by atoms with Gasteiger partial charge >= 0.3 is 0 Å². The molecule has 0 aliphatic heterocycles. The number of hydrogen-bond acceptors (Lipinski definition) is 2. The van der Waals surface area contributed by atoms with Gasteiger partial charge in [-0.2, -0.15) is 0 Å². The van der Waals surface area contributed by atoms with Crippen molar-refractivity contribution in [3.05, 3.63) is 72.8 Å². The van der Waals surface area contributed by atoms with E-state index in [4.69, 9.17) is 8.85 Å². The normalized spacial score (nSPS) is 14.0. The Bertz CT molecular complexity index is 878. The second-order valence-corrected chi connectivity index (χ2v) is 27.2. The molecular formula is C31H52O2Si3. The first-order valence-electron chi connectivity index (χ1n) is 13.9. The van der Waals surface area contributed by atoms with Gasteiger partial charge < -0.3 is 8.85 Å². The van der Waals surface area contributed by atoms with Gasteiger partial charge in [0.1, 0.15) is 0 Å². The molecule has 36 heavy (non-hydrogen) atoms. The minimum atomic E-state index is -2.60. The van der Waals surface area contributed by atoms with Crippen LogP contribution in [0.1, 0.15) is 48.0 Å². The van der Waals surface area contributed by atoms with Gasteiger partial charge in [0, 0.05) is 8.07 Å². The average molecular weight is 541 g/mol. The summed E-state index contributed by atoms with van der Waals surface area (Å²) in [6.07, 6.45) is 0.957. The standard InChI is InChI=1S/C31H52O2Si3/c1-11-35(12-2,13-3)33-28(24-27(4)26-34(8,9)10)25-32-36(31(5,6)7,29-20-16-14-17-21-29)30-22-18-15-19-23-30/h14-23,28H,4,11-13,24-26H2,1-3,5-10H3/t28-/m1/s1. The Morgan fingerprint density at radius 2 is 1.25 bits per heavy atom. The van der Waals surface area contributed by atoms with E-state index in [9.17, 15) is 0 Å². The minimum Gasteiger partial charge on any atom is -0.411 e. The highest BCUT2D eigenvalue weighted by atomic mass is 28.4. The Kier molecular flexibility index (Phi) is 11.2. The number of rotatable bonds is 14. The third-order valence-electron chi connectivity index (χ3n) is 7.55. The van der Waals surface area contributed by atoms with Gasteiger partial charge in [-0.05, 0) is 46.0 Å². The molecule has 0 spiro atoms. The van der Waals surface area contributed by atoms with E-state index in [1.807, 2.05) is 0 Å². The van der Waals surface area contributed by atoms with Gasteiger partial charge in [0.25, 0.3) is 8.32 Å². The first-order valence-corrected chi connectivity index (χ1v) is 22.1. The lowest BCUT2D eigenvalue weighted by Gasteiger charge is -2.44. The molecule has 0 saturated carbocycles. The zero-order valence-corrected chi connectivity index (χ0v) is 27.6. The third kappa shape index (κ3) is 7.87. The molecule has 0 saturated heterocycles. The minimum absolute atomic E-state index is 0.0373. The van der Waals surface area contributed by atoms with Crippen LogP contribution in [0.3, 0.4) is 0 Å². The molecule has 2 rings (SSSR count). The summed E-state index contributed by atoms with van der Waals surface area (Å²) in [5.74, 6) is 0. The molecule has 0 amide bonds. The highest BCUT2D eigenvalue weighted by Crippen LogP contribution is 2.37. The molecule has 200 valence electrons. The van der Waals surface area contributed by atoms with Crippen molar-refractivity contribution in [3.8, 4) is 0 Å². The molecule has 1 atom stereocenters. The second-order valence-electron chi connectivity index (χ2n) is 12.6. The smallest absolute Gasteiger partial charge is 0.261 e. The first-order chi connectivity index (χ1) is 16.8. The Morgan fingerprint density at radius 3 is 1.61 bits per heavy atom. The SMILES string of the molecule is C=C(C[C@H](CO[Si](c1ccccc1)(c1ccccc1)C(C)(C)C)O[Si](CC)(CC)CC)C[Si](C)(C)C. The van der Waals surface area contributed by atoms with Crippen LogP contribution >= 0.6 is 0 Å². The van der Waals surface area contributed by atoms with Crippen molar-refractivity contribution in [2.75, 3.05) is 6.61 Å². The van der Waals surface area contributed by atoms with Crippen LogP contribution in [0.5, 0.6) is 0 Å². The van der Waals surface area contributed by atoms with E-state index in [0.29, 0.717) is 6.61 Å². The highest BCUT2D eigenvalue weighted by Gasteiger charge is 2.50. The van der Waals surface area contributed by atoms with Gasteiger partial charge in [-0.15, -0.1) is 6.58 Å². The van der Waals surface area contributed by atoms with Crippen LogP contribution in [-0.2, 0) is 8.85 Å². The summed E-state index contributed by atoms with van der Waals surface area (Å²) in [5, 5.41) is 2.62. The zero-order chi connectivity index (χ0) is 27.0. The maximum Gasteiger partial charge on any atom is 0.261 e. The molecule has 2 aromatic carbocycles. The highest BCUT2D eigenvalue weighted by molar-refractivity contribution is 6.99. The summed E-state index contributed by atoms with van der Waals surface area (Å²) in [6.45, 7) is 26.4. The van der Waals surface area contributed by atoms with Crippen LogP contribution in [-0.4, -0.2) is 37.4 Å². The van der Waals surface area contributed by atoms with E-state index >= 15 is 0 Å². The van der Waals surface area contributed by atoms with Gasteiger partial charge in [-0.1, -0.05) is 127 Å². The molecular weight excluding hydrogens is 489 g/mol. The maximum absolute atomic E-state index is 7.35. The van der Waals surface area contributed by atoms with Gasteiger partial charge in [0.15, 0.2) is 8.32 Å². The lowest BCUT2D eigenvalue weighted by atomic mass is 10.1. The lowest BCUT2D eigenvalue weighted by Crippen LogP contribution is -2.67. The van der Waals surface area contributed by atoms with Gasteiger partial charge in [-0.3, -0.25) is 0 Å². The molecule has 0 bridgehead atoms. The molecule has 0 aromatic heterocycles. The fourth-order valence-electron chi connectivity index (χ4n) is 5.61. The van der Waals surface area contributed by atoms with Crippen LogP contribution in [0.2, 0.25) is 48.9 Å². The molecule has 0 heterocycles. The second kappa shape index (κ2) is 13.0.